The number of aryl methyl sites for hydroxylation is 1. The molecule has 0 aliphatic carbocycles. The van der Waals surface area contributed by atoms with Crippen LogP contribution < -0.4 is 0 Å². The third kappa shape index (κ3) is 2.12. The Kier molecular flexibility index (Phi) is 2.76. The summed E-state index contributed by atoms with van der Waals surface area (Å²) in [6, 6.07) is 3.81. The first kappa shape index (κ1) is 8.40. The molecule has 0 atom stereocenters. The van der Waals surface area contributed by atoms with E-state index in [2.05, 4.69) is 20.9 Å². The molecule has 0 unspecified atom stereocenters. The average molecular weight is 214 g/mol. The van der Waals surface area contributed by atoms with Crippen LogP contribution in [0.3, 0.4) is 0 Å². The Balaban J connectivity index is 3.01. The second kappa shape index (κ2) is 3.62. The van der Waals surface area contributed by atoms with Crippen molar-refractivity contribution in [2.45, 2.75) is 13.3 Å². The lowest BCUT2D eigenvalue weighted by Crippen LogP contribution is -1.94. The van der Waals surface area contributed by atoms with E-state index in [0.29, 0.717) is 6.42 Å². The normalized spacial score (nSPS) is 9.64. The van der Waals surface area contributed by atoms with Crippen molar-refractivity contribution in [2.75, 3.05) is 0 Å². The molecule has 0 aliphatic rings. The monoisotopic (exact) mass is 213 g/mol. The van der Waals surface area contributed by atoms with Gasteiger partial charge in [0.25, 0.3) is 0 Å². The lowest BCUT2D eigenvalue weighted by molar-refractivity contribution is -0.107. The van der Waals surface area contributed by atoms with Crippen LogP contribution in [0.1, 0.15) is 11.4 Å². The van der Waals surface area contributed by atoms with Crippen LogP contribution in [0.5, 0.6) is 0 Å². The van der Waals surface area contributed by atoms with Crippen LogP contribution in [-0.4, -0.2) is 11.3 Å². The molecular formula is C8H8BrNO. The predicted octanol–water partition coefficient (Wildman–Crippen LogP) is 1.89. The zero-order chi connectivity index (χ0) is 8.27. The molecule has 1 heterocycles. The molecule has 0 radical (unpaired) electrons. The lowest BCUT2D eigenvalue weighted by Gasteiger charge is -1.99. The van der Waals surface area contributed by atoms with E-state index < -0.39 is 0 Å². The molecule has 2 nitrogen and oxygen atoms in total. The van der Waals surface area contributed by atoms with Gasteiger partial charge in [-0.15, -0.1) is 0 Å². The van der Waals surface area contributed by atoms with E-state index in [4.69, 9.17) is 0 Å². The quantitative estimate of drug-likeness (QED) is 0.703. The number of aromatic nitrogens is 1. The predicted molar refractivity (Wildman–Crippen MR) is 46.4 cm³/mol. The number of aldehydes is 1. The summed E-state index contributed by atoms with van der Waals surface area (Å²) in [5.41, 5.74) is 1.74. The zero-order valence-corrected chi connectivity index (χ0v) is 7.76. The van der Waals surface area contributed by atoms with Crippen LogP contribution in [0.25, 0.3) is 0 Å². The topological polar surface area (TPSA) is 30.0 Å². The van der Waals surface area contributed by atoms with Crippen molar-refractivity contribution >= 4 is 22.2 Å². The van der Waals surface area contributed by atoms with E-state index >= 15 is 0 Å². The summed E-state index contributed by atoms with van der Waals surface area (Å²) in [4.78, 5) is 14.4. The molecular weight excluding hydrogens is 206 g/mol. The molecule has 0 N–H and O–H groups in total. The van der Waals surface area contributed by atoms with Crippen LogP contribution >= 0.6 is 15.9 Å². The van der Waals surface area contributed by atoms with Gasteiger partial charge < -0.3 is 4.79 Å². The number of nitrogens with zero attached hydrogens (tertiary/aromatic N) is 1. The zero-order valence-electron chi connectivity index (χ0n) is 6.17. The molecule has 1 rings (SSSR count). The summed E-state index contributed by atoms with van der Waals surface area (Å²) in [5, 5.41) is 0. The molecule has 11 heavy (non-hydrogen) atoms. The number of halogens is 1. The van der Waals surface area contributed by atoms with Crippen molar-refractivity contribution in [3.8, 4) is 0 Å². The van der Waals surface area contributed by atoms with Gasteiger partial charge in [0.2, 0.25) is 0 Å². The largest absolute Gasteiger partial charge is 0.303 e. The van der Waals surface area contributed by atoms with Gasteiger partial charge in [0.1, 0.15) is 6.29 Å². The van der Waals surface area contributed by atoms with Gasteiger partial charge in [-0.1, -0.05) is 0 Å². The molecule has 0 spiro atoms. The minimum Gasteiger partial charge on any atom is -0.303 e. The Bertz CT molecular complexity index is 273. The van der Waals surface area contributed by atoms with Crippen molar-refractivity contribution in [3.63, 3.8) is 0 Å². The lowest BCUT2D eigenvalue weighted by atomic mass is 10.2. The number of hydrogen-bond acceptors (Lipinski definition) is 2. The highest BCUT2D eigenvalue weighted by molar-refractivity contribution is 9.10. The Labute approximate surface area is 73.8 Å². The standard InChI is InChI=1S/C8H8BrNO/c1-6-2-3-7(9)8(10-6)4-5-11/h2-3,5H,4H2,1H3. The van der Waals surface area contributed by atoms with Crippen molar-refractivity contribution in [1.82, 2.24) is 4.98 Å². The Hall–Kier alpha value is -0.700. The highest BCUT2D eigenvalue weighted by atomic mass is 79.9. The Morgan fingerprint density at radius 2 is 2.36 bits per heavy atom. The van der Waals surface area contributed by atoms with Crippen LogP contribution in [-0.2, 0) is 11.2 Å². The Morgan fingerprint density at radius 1 is 1.64 bits per heavy atom. The fourth-order valence-electron chi connectivity index (χ4n) is 0.816. The Morgan fingerprint density at radius 3 is 3.00 bits per heavy atom. The summed E-state index contributed by atoms with van der Waals surface area (Å²) in [7, 11) is 0. The van der Waals surface area contributed by atoms with Gasteiger partial charge in [-0.3, -0.25) is 4.98 Å². The van der Waals surface area contributed by atoms with E-state index in [9.17, 15) is 4.79 Å². The van der Waals surface area contributed by atoms with Crippen molar-refractivity contribution in [2.24, 2.45) is 0 Å². The summed E-state index contributed by atoms with van der Waals surface area (Å²) < 4.78 is 0.898. The van der Waals surface area contributed by atoms with E-state index in [1.165, 1.54) is 0 Å². The van der Waals surface area contributed by atoms with Crippen LogP contribution in [0.15, 0.2) is 16.6 Å². The van der Waals surface area contributed by atoms with E-state index in [-0.39, 0.29) is 0 Å². The molecule has 0 amide bonds. The molecule has 0 bridgehead atoms. The van der Waals surface area contributed by atoms with Gasteiger partial charge in [-0.05, 0) is 35.0 Å². The van der Waals surface area contributed by atoms with Crippen LogP contribution in [0, 0.1) is 6.92 Å². The number of hydrogen-bond donors (Lipinski definition) is 0. The van der Waals surface area contributed by atoms with E-state index in [0.717, 1.165) is 22.1 Å². The highest BCUT2D eigenvalue weighted by Crippen LogP contribution is 2.14. The van der Waals surface area contributed by atoms with Crippen LogP contribution in [0.2, 0.25) is 0 Å². The van der Waals surface area contributed by atoms with Crippen LogP contribution in [0.4, 0.5) is 0 Å². The van der Waals surface area contributed by atoms with Crippen molar-refractivity contribution in [3.05, 3.63) is 28.0 Å². The minimum absolute atomic E-state index is 0.377. The maximum atomic E-state index is 10.2. The molecule has 0 aliphatic heterocycles. The maximum absolute atomic E-state index is 10.2. The number of rotatable bonds is 2. The first-order valence-corrected chi connectivity index (χ1v) is 4.09. The highest BCUT2D eigenvalue weighted by Gasteiger charge is 1.99. The van der Waals surface area contributed by atoms with Gasteiger partial charge in [-0.2, -0.15) is 0 Å². The number of pyridine rings is 1. The van der Waals surface area contributed by atoms with Gasteiger partial charge in [0, 0.05) is 16.6 Å². The molecule has 0 fully saturated rings. The fourth-order valence-corrected chi connectivity index (χ4v) is 1.20. The third-order valence-electron chi connectivity index (χ3n) is 1.33. The molecule has 0 saturated heterocycles. The smallest absolute Gasteiger partial charge is 0.125 e. The molecule has 0 saturated carbocycles. The molecule has 1 aromatic heterocycles. The maximum Gasteiger partial charge on any atom is 0.125 e. The number of carbonyl (C=O) groups excluding carboxylic acids is 1. The van der Waals surface area contributed by atoms with Gasteiger partial charge in [0.05, 0.1) is 5.69 Å². The van der Waals surface area contributed by atoms with Crippen molar-refractivity contribution < 1.29 is 4.79 Å². The SMILES string of the molecule is Cc1ccc(Br)c(CC=O)n1. The van der Waals surface area contributed by atoms with E-state index in [1.807, 2.05) is 19.1 Å². The van der Waals surface area contributed by atoms with Crippen molar-refractivity contribution in [1.29, 1.82) is 0 Å². The summed E-state index contributed by atoms with van der Waals surface area (Å²) >= 11 is 3.31. The molecule has 0 aromatic carbocycles. The average Bonchev–Trinajstić information content (AvgIpc) is 1.98. The summed E-state index contributed by atoms with van der Waals surface area (Å²) in [6.07, 6.45) is 1.23. The molecule has 3 heteroatoms. The van der Waals surface area contributed by atoms with Gasteiger partial charge in [-0.25, -0.2) is 0 Å². The second-order valence-corrected chi connectivity index (χ2v) is 3.11. The van der Waals surface area contributed by atoms with E-state index in [1.54, 1.807) is 0 Å². The third-order valence-corrected chi connectivity index (χ3v) is 2.06. The summed E-state index contributed by atoms with van der Waals surface area (Å²) in [6.45, 7) is 1.90. The first-order valence-electron chi connectivity index (χ1n) is 3.29. The molecule has 58 valence electrons. The van der Waals surface area contributed by atoms with Gasteiger partial charge >= 0.3 is 0 Å². The van der Waals surface area contributed by atoms with Gasteiger partial charge in [0.15, 0.2) is 0 Å². The fraction of sp³-hybridized carbons (Fsp3) is 0.250. The number of carbonyl (C=O) groups is 1. The second-order valence-electron chi connectivity index (χ2n) is 2.25. The minimum atomic E-state index is 0.377. The molecule has 1 aromatic rings. The summed E-state index contributed by atoms with van der Waals surface area (Å²) in [5.74, 6) is 0. The first-order chi connectivity index (χ1) is 5.24.